The van der Waals surface area contributed by atoms with E-state index in [2.05, 4.69) is 35.8 Å². The van der Waals surface area contributed by atoms with Crippen LogP contribution in [0.15, 0.2) is 6.33 Å². The molecule has 1 aromatic heterocycles. The number of hydrogen-bond acceptors (Lipinski definition) is 4. The van der Waals surface area contributed by atoms with Gasteiger partial charge in [0, 0.05) is 26.1 Å². The molecule has 0 spiro atoms. The summed E-state index contributed by atoms with van der Waals surface area (Å²) in [7, 11) is 0. The molecule has 102 valence electrons. The maximum absolute atomic E-state index is 5.57. The average Bonchev–Trinajstić information content (AvgIpc) is 2.72. The van der Waals surface area contributed by atoms with E-state index >= 15 is 0 Å². The lowest BCUT2D eigenvalue weighted by atomic mass is 10.2. The minimum Gasteiger partial charge on any atom is -0.393 e. The van der Waals surface area contributed by atoms with E-state index in [-0.39, 0.29) is 0 Å². The van der Waals surface area contributed by atoms with Crippen LogP contribution < -0.4 is 5.73 Å². The van der Waals surface area contributed by atoms with Crippen LogP contribution in [0.3, 0.4) is 0 Å². The van der Waals surface area contributed by atoms with Gasteiger partial charge in [-0.25, -0.2) is 9.67 Å². The predicted molar refractivity (Wildman–Crippen MR) is 77.2 cm³/mol. The molecule has 1 aromatic rings. The van der Waals surface area contributed by atoms with Crippen LogP contribution >= 0.6 is 12.2 Å². The molecule has 0 saturated heterocycles. The van der Waals surface area contributed by atoms with Crippen LogP contribution in [0.2, 0.25) is 0 Å². The molecule has 0 aliphatic carbocycles. The summed E-state index contributed by atoms with van der Waals surface area (Å²) >= 11 is 4.94. The number of aromatic nitrogens is 3. The van der Waals surface area contributed by atoms with Crippen LogP contribution in [-0.4, -0.2) is 37.7 Å². The lowest BCUT2D eigenvalue weighted by molar-refractivity contribution is 0.233. The highest BCUT2D eigenvalue weighted by atomic mass is 32.1. The molecule has 0 aliphatic rings. The topological polar surface area (TPSA) is 60.0 Å². The molecule has 18 heavy (non-hydrogen) atoms. The van der Waals surface area contributed by atoms with E-state index < -0.39 is 0 Å². The monoisotopic (exact) mass is 269 g/mol. The SMILES string of the molecule is CCn1ncnc1CN(CCC(N)=S)CC(C)C. The first kappa shape index (κ1) is 15.0. The summed E-state index contributed by atoms with van der Waals surface area (Å²) in [5.41, 5.74) is 5.57. The Kier molecular flexibility index (Phi) is 6.21. The van der Waals surface area contributed by atoms with Crippen molar-refractivity contribution in [2.75, 3.05) is 13.1 Å². The van der Waals surface area contributed by atoms with Gasteiger partial charge >= 0.3 is 0 Å². The molecule has 0 amide bonds. The van der Waals surface area contributed by atoms with Gasteiger partial charge in [0.25, 0.3) is 0 Å². The van der Waals surface area contributed by atoms with Crippen LogP contribution in [-0.2, 0) is 13.1 Å². The first-order valence-electron chi connectivity index (χ1n) is 6.40. The van der Waals surface area contributed by atoms with Crippen LogP contribution in [0.5, 0.6) is 0 Å². The fourth-order valence-electron chi connectivity index (χ4n) is 1.89. The second-order valence-corrected chi connectivity index (χ2v) is 5.36. The molecule has 1 rings (SSSR count). The fraction of sp³-hybridized carbons (Fsp3) is 0.750. The Balaban J connectivity index is 2.62. The van der Waals surface area contributed by atoms with Crippen molar-refractivity contribution in [1.82, 2.24) is 19.7 Å². The fourth-order valence-corrected chi connectivity index (χ4v) is 1.99. The summed E-state index contributed by atoms with van der Waals surface area (Å²) in [5, 5.41) is 4.19. The minimum atomic E-state index is 0.570. The van der Waals surface area contributed by atoms with Crippen molar-refractivity contribution in [2.24, 2.45) is 11.7 Å². The van der Waals surface area contributed by atoms with Crippen LogP contribution in [0.1, 0.15) is 33.0 Å². The number of hydrogen-bond donors (Lipinski definition) is 1. The zero-order valence-electron chi connectivity index (χ0n) is 11.5. The summed E-state index contributed by atoms with van der Waals surface area (Å²) in [4.78, 5) is 7.21. The third-order valence-electron chi connectivity index (χ3n) is 2.66. The first-order chi connectivity index (χ1) is 8.52. The Labute approximate surface area is 114 Å². The quantitative estimate of drug-likeness (QED) is 0.724. The summed E-state index contributed by atoms with van der Waals surface area (Å²) in [6.45, 7) is 10.0. The summed E-state index contributed by atoms with van der Waals surface area (Å²) in [6, 6.07) is 0. The maximum Gasteiger partial charge on any atom is 0.140 e. The Hall–Kier alpha value is -1.01. The summed E-state index contributed by atoms with van der Waals surface area (Å²) in [5.74, 6) is 1.61. The lowest BCUT2D eigenvalue weighted by Crippen LogP contribution is -2.31. The largest absolute Gasteiger partial charge is 0.393 e. The number of aryl methyl sites for hydroxylation is 1. The second kappa shape index (κ2) is 7.43. The standard InChI is InChI=1S/C12H23N5S/c1-4-17-12(14-9-15-17)8-16(7-10(2)3)6-5-11(13)18/h9-10H,4-8H2,1-3H3,(H2,13,18). The Bertz CT molecular complexity index is 374. The predicted octanol–water partition coefficient (Wildman–Crippen LogP) is 1.43. The number of thiocarbonyl (C=S) groups is 1. The molecule has 0 bridgehead atoms. The zero-order valence-corrected chi connectivity index (χ0v) is 12.3. The molecule has 0 saturated carbocycles. The minimum absolute atomic E-state index is 0.570. The van der Waals surface area contributed by atoms with E-state index in [1.54, 1.807) is 6.33 Å². The third-order valence-corrected chi connectivity index (χ3v) is 2.86. The van der Waals surface area contributed by atoms with Gasteiger partial charge in [0.1, 0.15) is 12.2 Å². The summed E-state index contributed by atoms with van der Waals surface area (Å²) < 4.78 is 1.92. The molecule has 0 radical (unpaired) electrons. The molecule has 5 nitrogen and oxygen atoms in total. The molecule has 0 aromatic carbocycles. The smallest absolute Gasteiger partial charge is 0.140 e. The molecule has 0 unspecified atom stereocenters. The molecule has 2 N–H and O–H groups in total. The maximum atomic E-state index is 5.57. The van der Waals surface area contributed by atoms with Gasteiger partial charge in [0.05, 0.1) is 11.5 Å². The Morgan fingerprint density at radius 2 is 2.28 bits per heavy atom. The number of rotatable bonds is 8. The van der Waals surface area contributed by atoms with Crippen molar-refractivity contribution in [3.63, 3.8) is 0 Å². The van der Waals surface area contributed by atoms with Crippen LogP contribution in [0, 0.1) is 5.92 Å². The van der Waals surface area contributed by atoms with E-state index in [1.165, 1.54) is 0 Å². The highest BCUT2D eigenvalue weighted by Gasteiger charge is 2.12. The lowest BCUT2D eigenvalue weighted by Gasteiger charge is -2.23. The van der Waals surface area contributed by atoms with Gasteiger partial charge in [-0.05, 0) is 12.8 Å². The van der Waals surface area contributed by atoms with Gasteiger partial charge in [0.2, 0.25) is 0 Å². The van der Waals surface area contributed by atoms with Crippen molar-refractivity contribution in [2.45, 2.75) is 40.3 Å². The molecular weight excluding hydrogens is 246 g/mol. The summed E-state index contributed by atoms with van der Waals surface area (Å²) in [6.07, 6.45) is 2.36. The van der Waals surface area contributed by atoms with Gasteiger partial charge in [-0.1, -0.05) is 26.1 Å². The van der Waals surface area contributed by atoms with Crippen molar-refractivity contribution >= 4 is 17.2 Å². The number of nitrogens with two attached hydrogens (primary N) is 1. The molecule has 0 aliphatic heterocycles. The number of nitrogens with zero attached hydrogens (tertiary/aromatic N) is 4. The van der Waals surface area contributed by atoms with Gasteiger partial charge < -0.3 is 5.73 Å². The second-order valence-electron chi connectivity index (χ2n) is 4.84. The van der Waals surface area contributed by atoms with E-state index in [1.807, 2.05) is 4.68 Å². The van der Waals surface area contributed by atoms with E-state index in [9.17, 15) is 0 Å². The van der Waals surface area contributed by atoms with E-state index in [4.69, 9.17) is 18.0 Å². The average molecular weight is 269 g/mol. The van der Waals surface area contributed by atoms with Gasteiger partial charge in [-0.15, -0.1) is 0 Å². The Morgan fingerprint density at radius 1 is 1.56 bits per heavy atom. The Morgan fingerprint density at radius 3 is 2.83 bits per heavy atom. The van der Waals surface area contributed by atoms with Gasteiger partial charge in [0.15, 0.2) is 0 Å². The van der Waals surface area contributed by atoms with Crippen molar-refractivity contribution in [1.29, 1.82) is 0 Å². The van der Waals surface area contributed by atoms with Gasteiger partial charge in [-0.3, -0.25) is 4.90 Å². The van der Waals surface area contributed by atoms with Crippen molar-refractivity contribution in [3.8, 4) is 0 Å². The van der Waals surface area contributed by atoms with Crippen molar-refractivity contribution in [3.05, 3.63) is 12.2 Å². The highest BCUT2D eigenvalue weighted by molar-refractivity contribution is 7.80. The third kappa shape index (κ3) is 5.10. The molecule has 1 heterocycles. The molecule has 0 atom stereocenters. The van der Waals surface area contributed by atoms with Crippen LogP contribution in [0.4, 0.5) is 0 Å². The van der Waals surface area contributed by atoms with E-state index in [0.717, 1.165) is 38.4 Å². The zero-order chi connectivity index (χ0) is 13.5. The highest BCUT2D eigenvalue weighted by Crippen LogP contribution is 2.06. The molecule has 6 heteroatoms. The normalized spacial score (nSPS) is 11.4. The first-order valence-corrected chi connectivity index (χ1v) is 6.81. The molecule has 0 fully saturated rings. The van der Waals surface area contributed by atoms with E-state index in [0.29, 0.717) is 10.9 Å². The van der Waals surface area contributed by atoms with Crippen LogP contribution in [0.25, 0.3) is 0 Å². The van der Waals surface area contributed by atoms with Gasteiger partial charge in [-0.2, -0.15) is 5.10 Å². The van der Waals surface area contributed by atoms with Crippen molar-refractivity contribution < 1.29 is 0 Å². The molecular formula is C12H23N5S.